The van der Waals surface area contributed by atoms with Crippen molar-refractivity contribution in [1.29, 1.82) is 0 Å². The predicted octanol–water partition coefficient (Wildman–Crippen LogP) is 8.90. The summed E-state index contributed by atoms with van der Waals surface area (Å²) in [5, 5.41) is 0. The maximum atomic E-state index is 13.6. The molecule has 6 fully saturated rings. The van der Waals surface area contributed by atoms with Crippen LogP contribution in [-0.2, 0) is 28.7 Å². The molecular formula is C45H60O6. The lowest BCUT2D eigenvalue weighted by molar-refractivity contribution is -0.176. The van der Waals surface area contributed by atoms with E-state index in [9.17, 15) is 19.2 Å². The first kappa shape index (κ1) is 35.4. The van der Waals surface area contributed by atoms with E-state index in [1.54, 1.807) is 0 Å². The number of ether oxygens (including phenoxy) is 2. The van der Waals surface area contributed by atoms with Crippen molar-refractivity contribution in [3.63, 3.8) is 0 Å². The summed E-state index contributed by atoms with van der Waals surface area (Å²) in [7, 11) is 0. The maximum absolute atomic E-state index is 13.6. The monoisotopic (exact) mass is 696 g/mol. The van der Waals surface area contributed by atoms with Gasteiger partial charge in [-0.3, -0.25) is 19.2 Å². The average molecular weight is 697 g/mol. The van der Waals surface area contributed by atoms with Crippen LogP contribution in [0.25, 0.3) is 0 Å². The molecule has 8 aliphatic rings. The average Bonchev–Trinajstić information content (AvgIpc) is 3.62. The van der Waals surface area contributed by atoms with Crippen molar-refractivity contribution in [3.05, 3.63) is 23.3 Å². The molecule has 6 saturated carbocycles. The van der Waals surface area contributed by atoms with Crippen molar-refractivity contribution < 1.29 is 28.7 Å². The van der Waals surface area contributed by atoms with Gasteiger partial charge < -0.3 is 9.47 Å². The Hall–Kier alpha value is -2.68. The first-order valence-corrected chi connectivity index (χ1v) is 20.7. The summed E-state index contributed by atoms with van der Waals surface area (Å²) in [4.78, 5) is 51.5. The number of hydrogen-bond donors (Lipinski definition) is 0. The highest BCUT2D eigenvalue weighted by atomic mass is 16.6. The maximum Gasteiger partial charge on any atom is 0.307 e. The molecule has 13 unspecified atom stereocenters. The van der Waals surface area contributed by atoms with Crippen LogP contribution in [0.1, 0.15) is 143 Å². The summed E-state index contributed by atoms with van der Waals surface area (Å²) < 4.78 is 12.7. The summed E-state index contributed by atoms with van der Waals surface area (Å²) in [6, 6.07) is 0. The summed E-state index contributed by atoms with van der Waals surface area (Å²) in [5.74, 6) is 7.19. The third-order valence-electron chi connectivity index (χ3n) is 17.3. The third kappa shape index (κ3) is 5.31. The van der Waals surface area contributed by atoms with Crippen molar-refractivity contribution in [3.8, 4) is 12.3 Å². The van der Waals surface area contributed by atoms with Crippen molar-refractivity contribution in [2.75, 3.05) is 0 Å². The fourth-order valence-electron chi connectivity index (χ4n) is 14.8. The number of fused-ring (bicyclic) bond motifs is 10. The lowest BCUT2D eigenvalue weighted by atomic mass is 9.45. The van der Waals surface area contributed by atoms with E-state index in [0.717, 1.165) is 83.5 Å². The van der Waals surface area contributed by atoms with Crippen LogP contribution >= 0.6 is 0 Å². The van der Waals surface area contributed by atoms with Gasteiger partial charge in [-0.25, -0.2) is 0 Å². The number of hydrogen-bond acceptors (Lipinski definition) is 6. The zero-order valence-corrected chi connectivity index (χ0v) is 31.6. The first-order valence-electron chi connectivity index (χ1n) is 20.7. The molecule has 0 aromatic carbocycles. The number of esters is 2. The highest BCUT2D eigenvalue weighted by molar-refractivity contribution is 5.92. The molecular weight excluding hydrogens is 636 g/mol. The Labute approximate surface area is 305 Å². The Bertz CT molecular complexity index is 1600. The number of allylic oxidation sites excluding steroid dienone is 2. The van der Waals surface area contributed by atoms with E-state index in [0.29, 0.717) is 72.4 Å². The van der Waals surface area contributed by atoms with Crippen LogP contribution in [0.4, 0.5) is 0 Å². The quantitative estimate of drug-likeness (QED) is 0.204. The minimum atomic E-state index is -0.935. The van der Waals surface area contributed by atoms with E-state index < -0.39 is 5.60 Å². The van der Waals surface area contributed by atoms with E-state index in [4.69, 9.17) is 15.9 Å². The van der Waals surface area contributed by atoms with Crippen LogP contribution in [0, 0.1) is 75.9 Å². The minimum Gasteiger partial charge on any atom is -0.462 e. The molecule has 0 aromatic heterocycles. The molecule has 0 spiro atoms. The molecule has 0 amide bonds. The second kappa shape index (κ2) is 12.7. The van der Waals surface area contributed by atoms with E-state index in [-0.39, 0.29) is 52.9 Å². The fourth-order valence-corrected chi connectivity index (χ4v) is 14.8. The zero-order valence-electron chi connectivity index (χ0n) is 31.6. The molecule has 0 aliphatic heterocycles. The van der Waals surface area contributed by atoms with Gasteiger partial charge in [0.25, 0.3) is 0 Å². The number of rotatable bonds is 6. The normalized spacial score (nSPS) is 46.8. The lowest BCUT2D eigenvalue weighted by Gasteiger charge is -2.59. The van der Waals surface area contributed by atoms with E-state index in [1.807, 2.05) is 12.2 Å². The standard InChI is InChI=1S/C45H60O6/c1-6-44-22-17-33-32-11-9-30(46)25-28(32)8-10-34(33)35(44)19-23-45(44,7-2)51-40(49)15-14-39(48)50-38-13-12-36-41-27(3)24-29-26-31(47)16-20-42(29,4)37(41)18-21-43(36,38)5/h2,25-27,32-38,41H,6,8-24H2,1,3-5H3. The molecule has 0 heterocycles. The van der Waals surface area contributed by atoms with Gasteiger partial charge in [-0.1, -0.05) is 44.8 Å². The first-order chi connectivity index (χ1) is 24.4. The summed E-state index contributed by atoms with van der Waals surface area (Å²) in [6.07, 6.45) is 25.1. The van der Waals surface area contributed by atoms with Gasteiger partial charge >= 0.3 is 11.9 Å². The molecule has 6 heteroatoms. The number of carbonyl (C=O) groups is 4. The molecule has 0 saturated heterocycles. The third-order valence-corrected chi connectivity index (χ3v) is 17.3. The van der Waals surface area contributed by atoms with Crippen LogP contribution in [0.5, 0.6) is 0 Å². The Morgan fingerprint density at radius 1 is 0.824 bits per heavy atom. The molecule has 0 N–H and O–H groups in total. The Morgan fingerprint density at radius 2 is 1.59 bits per heavy atom. The highest BCUT2D eigenvalue weighted by Gasteiger charge is 2.66. The molecule has 6 nitrogen and oxygen atoms in total. The van der Waals surface area contributed by atoms with Gasteiger partial charge in [0.1, 0.15) is 6.10 Å². The molecule has 0 radical (unpaired) electrons. The molecule has 276 valence electrons. The molecule has 0 aromatic rings. The number of ketones is 2. The molecule has 0 bridgehead atoms. The van der Waals surface area contributed by atoms with Gasteiger partial charge in [-0.15, -0.1) is 6.42 Å². The molecule has 51 heavy (non-hydrogen) atoms. The van der Waals surface area contributed by atoms with E-state index >= 15 is 0 Å². The topological polar surface area (TPSA) is 86.7 Å². The smallest absolute Gasteiger partial charge is 0.307 e. The lowest BCUT2D eigenvalue weighted by Crippen LogP contribution is -2.55. The van der Waals surface area contributed by atoms with Crippen molar-refractivity contribution in [2.45, 2.75) is 155 Å². The highest BCUT2D eigenvalue weighted by Crippen LogP contribution is 2.68. The molecule has 8 aliphatic carbocycles. The van der Waals surface area contributed by atoms with E-state index in [1.165, 1.54) is 11.1 Å². The zero-order chi connectivity index (χ0) is 35.9. The van der Waals surface area contributed by atoms with Crippen LogP contribution in [0.3, 0.4) is 0 Å². The van der Waals surface area contributed by atoms with Crippen molar-refractivity contribution >= 4 is 23.5 Å². The van der Waals surface area contributed by atoms with Crippen molar-refractivity contribution in [2.24, 2.45) is 63.6 Å². The van der Waals surface area contributed by atoms with Gasteiger partial charge in [0, 0.05) is 23.7 Å². The minimum absolute atomic E-state index is 0.0101. The number of terminal acetylenes is 1. The largest absolute Gasteiger partial charge is 0.462 e. The summed E-state index contributed by atoms with van der Waals surface area (Å²) in [6.45, 7) is 9.35. The summed E-state index contributed by atoms with van der Waals surface area (Å²) >= 11 is 0. The summed E-state index contributed by atoms with van der Waals surface area (Å²) in [5.41, 5.74) is 1.63. The van der Waals surface area contributed by atoms with E-state index in [2.05, 4.69) is 33.6 Å². The Balaban J connectivity index is 0.896. The molecule has 8 rings (SSSR count). The fraction of sp³-hybridized carbons (Fsp3) is 0.778. The van der Waals surface area contributed by atoms with Crippen LogP contribution in [0.15, 0.2) is 23.3 Å². The van der Waals surface area contributed by atoms with Crippen LogP contribution in [-0.4, -0.2) is 35.2 Å². The van der Waals surface area contributed by atoms with Gasteiger partial charge in [0.2, 0.25) is 0 Å². The van der Waals surface area contributed by atoms with Gasteiger partial charge in [0.05, 0.1) is 12.8 Å². The van der Waals surface area contributed by atoms with Gasteiger partial charge in [-0.2, -0.15) is 0 Å². The van der Waals surface area contributed by atoms with Gasteiger partial charge in [-0.05, 0) is 155 Å². The Kier molecular flexibility index (Phi) is 8.82. The SMILES string of the molecule is C#CC1(OC(=O)CCC(=O)OC2CCC3C4C(C)CC5=CC(=O)CCC5(C)C4CCC23C)CCC2C3CCC4=CC(=O)CCC4C3CCC21CC. The second-order valence-corrected chi connectivity index (χ2v) is 19.0. The molecule has 13 atom stereocenters. The Morgan fingerprint density at radius 3 is 2.37 bits per heavy atom. The van der Waals surface area contributed by atoms with Crippen molar-refractivity contribution in [1.82, 2.24) is 0 Å². The van der Waals surface area contributed by atoms with Gasteiger partial charge in [0.15, 0.2) is 17.2 Å². The predicted molar refractivity (Wildman–Crippen MR) is 195 cm³/mol. The van der Waals surface area contributed by atoms with Crippen LogP contribution in [0.2, 0.25) is 0 Å². The second-order valence-electron chi connectivity index (χ2n) is 19.0. The number of carbonyl (C=O) groups excluding carboxylic acids is 4. The van der Waals surface area contributed by atoms with Crippen LogP contribution < -0.4 is 0 Å².